The SMILES string of the molecule is Nc1ccc2c(c1)C1(c3ccccc3Oc3ccccc31)c1ccccc1-2. The van der Waals surface area contributed by atoms with Crippen LogP contribution in [0.15, 0.2) is 91.0 Å². The van der Waals surface area contributed by atoms with Gasteiger partial charge >= 0.3 is 0 Å². The Morgan fingerprint density at radius 3 is 1.81 bits per heavy atom. The summed E-state index contributed by atoms with van der Waals surface area (Å²) in [5, 5.41) is 0. The molecule has 1 spiro atoms. The average molecular weight is 347 g/mol. The molecule has 0 unspecified atom stereocenters. The Morgan fingerprint density at radius 2 is 1.11 bits per heavy atom. The van der Waals surface area contributed by atoms with Gasteiger partial charge in [-0.1, -0.05) is 66.7 Å². The number of rotatable bonds is 0. The van der Waals surface area contributed by atoms with Gasteiger partial charge in [-0.05, 0) is 46.5 Å². The molecule has 6 rings (SSSR count). The van der Waals surface area contributed by atoms with Crippen LogP contribution in [0.4, 0.5) is 5.69 Å². The largest absolute Gasteiger partial charge is 0.457 e. The van der Waals surface area contributed by atoms with E-state index in [-0.39, 0.29) is 0 Å². The molecule has 2 aliphatic rings. The van der Waals surface area contributed by atoms with Crippen LogP contribution >= 0.6 is 0 Å². The van der Waals surface area contributed by atoms with E-state index >= 15 is 0 Å². The fourth-order valence-electron chi connectivity index (χ4n) is 4.87. The second kappa shape index (κ2) is 5.01. The number of nitrogen functional groups attached to an aromatic ring is 1. The van der Waals surface area contributed by atoms with E-state index in [0.717, 1.165) is 17.2 Å². The average Bonchev–Trinajstić information content (AvgIpc) is 2.99. The predicted molar refractivity (Wildman–Crippen MR) is 108 cm³/mol. The molecule has 0 amide bonds. The van der Waals surface area contributed by atoms with Gasteiger partial charge in [-0.2, -0.15) is 0 Å². The maximum Gasteiger partial charge on any atom is 0.132 e. The maximum absolute atomic E-state index is 6.29. The molecule has 0 atom stereocenters. The second-order valence-corrected chi connectivity index (χ2v) is 7.19. The van der Waals surface area contributed by atoms with Gasteiger partial charge in [0.1, 0.15) is 11.5 Å². The molecule has 0 radical (unpaired) electrons. The van der Waals surface area contributed by atoms with Crippen LogP contribution in [0.5, 0.6) is 11.5 Å². The highest BCUT2D eigenvalue weighted by Crippen LogP contribution is 2.61. The summed E-state index contributed by atoms with van der Waals surface area (Å²) >= 11 is 0. The molecular weight excluding hydrogens is 330 g/mol. The number of fused-ring (bicyclic) bond motifs is 9. The molecule has 0 saturated carbocycles. The molecule has 0 fully saturated rings. The topological polar surface area (TPSA) is 35.2 Å². The van der Waals surface area contributed by atoms with Crippen molar-refractivity contribution in [1.82, 2.24) is 0 Å². The van der Waals surface area contributed by atoms with Gasteiger partial charge < -0.3 is 10.5 Å². The second-order valence-electron chi connectivity index (χ2n) is 7.19. The summed E-state index contributed by atoms with van der Waals surface area (Å²) in [6.07, 6.45) is 0. The molecule has 1 heterocycles. The van der Waals surface area contributed by atoms with Crippen molar-refractivity contribution in [2.24, 2.45) is 0 Å². The molecule has 2 N–H and O–H groups in total. The predicted octanol–water partition coefficient (Wildman–Crippen LogP) is 5.74. The van der Waals surface area contributed by atoms with Crippen molar-refractivity contribution in [2.75, 3.05) is 5.73 Å². The minimum atomic E-state index is -0.410. The molecule has 1 aliphatic heterocycles. The van der Waals surface area contributed by atoms with Gasteiger partial charge in [-0.15, -0.1) is 0 Å². The van der Waals surface area contributed by atoms with Crippen LogP contribution in [0.2, 0.25) is 0 Å². The molecule has 4 aromatic carbocycles. The van der Waals surface area contributed by atoms with Gasteiger partial charge in [0.15, 0.2) is 0 Å². The maximum atomic E-state index is 6.29. The first kappa shape index (κ1) is 14.6. The Labute approximate surface area is 157 Å². The van der Waals surface area contributed by atoms with Crippen molar-refractivity contribution in [3.63, 3.8) is 0 Å². The highest BCUT2D eigenvalue weighted by molar-refractivity contribution is 5.89. The Kier molecular flexibility index (Phi) is 2.72. The molecule has 128 valence electrons. The molecule has 1 aliphatic carbocycles. The molecule has 2 nitrogen and oxygen atoms in total. The van der Waals surface area contributed by atoms with E-state index in [4.69, 9.17) is 10.5 Å². The lowest BCUT2D eigenvalue weighted by Gasteiger charge is -2.39. The molecule has 0 saturated heterocycles. The van der Waals surface area contributed by atoms with Gasteiger partial charge in [0.2, 0.25) is 0 Å². The number of hydrogen-bond acceptors (Lipinski definition) is 2. The third kappa shape index (κ3) is 1.70. The monoisotopic (exact) mass is 347 g/mol. The number of hydrogen-bond donors (Lipinski definition) is 1. The van der Waals surface area contributed by atoms with Gasteiger partial charge in [0.25, 0.3) is 0 Å². The third-order valence-electron chi connectivity index (χ3n) is 5.87. The number of anilines is 1. The highest BCUT2D eigenvalue weighted by atomic mass is 16.5. The summed E-state index contributed by atoms with van der Waals surface area (Å²) in [5.74, 6) is 1.81. The van der Waals surface area contributed by atoms with Crippen molar-refractivity contribution < 1.29 is 4.74 Å². The quantitative estimate of drug-likeness (QED) is 0.356. The van der Waals surface area contributed by atoms with E-state index in [1.807, 2.05) is 18.2 Å². The normalized spacial score (nSPS) is 14.7. The zero-order chi connectivity index (χ0) is 18.0. The smallest absolute Gasteiger partial charge is 0.132 e. The van der Waals surface area contributed by atoms with E-state index < -0.39 is 5.41 Å². The van der Waals surface area contributed by atoms with Crippen molar-refractivity contribution in [2.45, 2.75) is 5.41 Å². The summed E-state index contributed by atoms with van der Waals surface area (Å²) in [4.78, 5) is 0. The van der Waals surface area contributed by atoms with Crippen molar-refractivity contribution >= 4 is 5.69 Å². The molecule has 27 heavy (non-hydrogen) atoms. The number of ether oxygens (including phenoxy) is 1. The fourth-order valence-corrected chi connectivity index (χ4v) is 4.87. The summed E-state index contributed by atoms with van der Waals surface area (Å²) in [6, 6.07) is 31.7. The van der Waals surface area contributed by atoms with Crippen LogP contribution in [0.3, 0.4) is 0 Å². The first-order valence-corrected chi connectivity index (χ1v) is 9.17. The van der Waals surface area contributed by atoms with Crippen LogP contribution in [0, 0.1) is 0 Å². The minimum Gasteiger partial charge on any atom is -0.457 e. The Hall–Kier alpha value is -3.52. The van der Waals surface area contributed by atoms with E-state index in [9.17, 15) is 0 Å². The summed E-state index contributed by atoms with van der Waals surface area (Å²) in [5.41, 5.74) is 14.0. The fraction of sp³-hybridized carbons (Fsp3) is 0.0400. The number of para-hydroxylation sites is 2. The lowest BCUT2D eigenvalue weighted by atomic mass is 9.66. The zero-order valence-electron chi connectivity index (χ0n) is 14.6. The lowest BCUT2D eigenvalue weighted by molar-refractivity contribution is 0.436. The van der Waals surface area contributed by atoms with E-state index in [0.29, 0.717) is 0 Å². The Morgan fingerprint density at radius 1 is 0.556 bits per heavy atom. The van der Waals surface area contributed by atoms with E-state index in [1.54, 1.807) is 0 Å². The van der Waals surface area contributed by atoms with Crippen LogP contribution in [-0.4, -0.2) is 0 Å². The van der Waals surface area contributed by atoms with Crippen LogP contribution < -0.4 is 10.5 Å². The number of nitrogens with two attached hydrogens (primary N) is 1. The van der Waals surface area contributed by atoms with Crippen LogP contribution in [0.1, 0.15) is 22.3 Å². The summed E-state index contributed by atoms with van der Waals surface area (Å²) < 4.78 is 6.29. The number of benzene rings is 4. The molecular formula is C25H17NO. The Balaban J connectivity index is 1.87. The van der Waals surface area contributed by atoms with Gasteiger partial charge in [-0.25, -0.2) is 0 Å². The van der Waals surface area contributed by atoms with E-state index in [2.05, 4.69) is 72.8 Å². The standard InChI is InChI=1S/C25H17NO/c26-16-13-14-18-17-7-1-2-8-19(17)25(22(18)15-16)20-9-3-5-11-23(20)27-24-12-6-4-10-21(24)25/h1-15H,26H2. The van der Waals surface area contributed by atoms with Gasteiger partial charge in [0, 0.05) is 16.8 Å². The van der Waals surface area contributed by atoms with E-state index in [1.165, 1.54) is 33.4 Å². The summed E-state index contributed by atoms with van der Waals surface area (Å²) in [7, 11) is 0. The highest BCUT2D eigenvalue weighted by Gasteiger charge is 2.50. The third-order valence-corrected chi connectivity index (χ3v) is 5.87. The van der Waals surface area contributed by atoms with Gasteiger partial charge in [-0.3, -0.25) is 0 Å². The van der Waals surface area contributed by atoms with Crippen LogP contribution in [0.25, 0.3) is 11.1 Å². The van der Waals surface area contributed by atoms with Crippen LogP contribution in [-0.2, 0) is 5.41 Å². The zero-order valence-corrected chi connectivity index (χ0v) is 14.6. The molecule has 4 aromatic rings. The van der Waals surface area contributed by atoms with Crippen molar-refractivity contribution in [1.29, 1.82) is 0 Å². The summed E-state index contributed by atoms with van der Waals surface area (Å²) in [6.45, 7) is 0. The molecule has 0 bridgehead atoms. The Bertz CT molecular complexity index is 1180. The molecule has 0 aromatic heterocycles. The van der Waals surface area contributed by atoms with Crippen molar-refractivity contribution in [3.8, 4) is 22.6 Å². The first-order valence-electron chi connectivity index (χ1n) is 9.17. The molecule has 2 heteroatoms. The van der Waals surface area contributed by atoms with Gasteiger partial charge in [0.05, 0.1) is 5.41 Å². The lowest BCUT2D eigenvalue weighted by Crippen LogP contribution is -2.32. The first-order chi connectivity index (χ1) is 13.3. The minimum absolute atomic E-state index is 0.410. The van der Waals surface area contributed by atoms with Crippen molar-refractivity contribution in [3.05, 3.63) is 113 Å².